The maximum atomic E-state index is 9.67. The molecule has 1 aromatic rings. The molecule has 1 N–H and O–H groups in total. The molecule has 2 aliphatic rings. The van der Waals surface area contributed by atoms with E-state index in [1.807, 2.05) is 0 Å². The van der Waals surface area contributed by atoms with Gasteiger partial charge in [0.05, 0.1) is 6.61 Å². The van der Waals surface area contributed by atoms with Gasteiger partial charge in [-0.25, -0.2) is 9.97 Å². The van der Waals surface area contributed by atoms with Crippen molar-refractivity contribution < 1.29 is 5.11 Å². The summed E-state index contributed by atoms with van der Waals surface area (Å²) in [6.07, 6.45) is 6.82. The van der Waals surface area contributed by atoms with E-state index < -0.39 is 0 Å². The zero-order chi connectivity index (χ0) is 11.9. The predicted molar refractivity (Wildman–Crippen MR) is 66.1 cm³/mol. The summed E-state index contributed by atoms with van der Waals surface area (Å²) in [6.45, 7) is 2.07. The number of rotatable bonds is 2. The van der Waals surface area contributed by atoms with E-state index in [0.29, 0.717) is 11.1 Å². The van der Waals surface area contributed by atoms with Crippen LogP contribution in [0.4, 0.5) is 5.82 Å². The van der Waals surface area contributed by atoms with Crippen molar-refractivity contribution in [2.24, 2.45) is 11.3 Å². The second-order valence-electron chi connectivity index (χ2n) is 5.16. The van der Waals surface area contributed by atoms with E-state index >= 15 is 0 Å². The summed E-state index contributed by atoms with van der Waals surface area (Å²) in [4.78, 5) is 10.5. The van der Waals surface area contributed by atoms with Gasteiger partial charge in [-0.2, -0.15) is 0 Å². The van der Waals surface area contributed by atoms with Gasteiger partial charge in [0.2, 0.25) is 0 Å². The van der Waals surface area contributed by atoms with Gasteiger partial charge in [0, 0.05) is 30.9 Å². The number of nitrogens with zero attached hydrogens (tertiary/aromatic N) is 3. The molecule has 2 heterocycles. The van der Waals surface area contributed by atoms with Gasteiger partial charge in [0.1, 0.15) is 0 Å². The van der Waals surface area contributed by atoms with Crippen molar-refractivity contribution in [1.82, 2.24) is 9.97 Å². The molecule has 17 heavy (non-hydrogen) atoms. The number of aliphatic hydroxyl groups excluding tert-OH is 1. The van der Waals surface area contributed by atoms with Crippen LogP contribution in [0.3, 0.4) is 0 Å². The number of aromatic nitrogens is 2. The quantitative estimate of drug-likeness (QED) is 0.872. The Morgan fingerprint density at radius 3 is 3.00 bits per heavy atom. The average Bonchev–Trinajstić information content (AvgIpc) is 2.86. The predicted octanol–water partition coefficient (Wildman–Crippen LogP) is 1.73. The van der Waals surface area contributed by atoms with Crippen LogP contribution < -0.4 is 4.90 Å². The number of anilines is 1. The van der Waals surface area contributed by atoms with Crippen LogP contribution in [0.1, 0.15) is 19.3 Å². The largest absolute Gasteiger partial charge is 0.396 e. The second-order valence-corrected chi connectivity index (χ2v) is 5.52. The lowest BCUT2D eigenvalue weighted by molar-refractivity contribution is 0.121. The third kappa shape index (κ3) is 1.70. The van der Waals surface area contributed by atoms with E-state index in [-0.39, 0.29) is 12.0 Å². The van der Waals surface area contributed by atoms with Crippen LogP contribution in [0, 0.1) is 11.3 Å². The molecule has 0 spiro atoms. The third-order valence-electron chi connectivity index (χ3n) is 4.29. The topological polar surface area (TPSA) is 49.2 Å². The molecule has 5 heteroatoms. The molecule has 1 aliphatic carbocycles. The molecule has 0 radical (unpaired) electrons. The van der Waals surface area contributed by atoms with Gasteiger partial charge < -0.3 is 10.0 Å². The minimum atomic E-state index is 0.0703. The van der Waals surface area contributed by atoms with Gasteiger partial charge in [-0.1, -0.05) is 18.0 Å². The number of fused-ring (bicyclic) bond motifs is 1. The lowest BCUT2D eigenvalue weighted by Gasteiger charge is -2.26. The lowest BCUT2D eigenvalue weighted by atomic mass is 9.82. The Hall–Kier alpha value is -0.870. The maximum Gasteiger partial charge on any atom is 0.171 e. The summed E-state index contributed by atoms with van der Waals surface area (Å²) in [5.41, 5.74) is 0.0703. The fourth-order valence-corrected chi connectivity index (χ4v) is 3.58. The first-order valence-electron chi connectivity index (χ1n) is 6.07. The van der Waals surface area contributed by atoms with Crippen molar-refractivity contribution in [2.45, 2.75) is 19.3 Å². The minimum Gasteiger partial charge on any atom is -0.396 e. The number of hydrogen-bond acceptors (Lipinski definition) is 4. The molecule has 0 aromatic carbocycles. The summed E-state index contributed by atoms with van der Waals surface area (Å²) >= 11 is 6.07. The molecular weight excluding hydrogens is 238 g/mol. The highest BCUT2D eigenvalue weighted by Crippen LogP contribution is 2.49. The molecule has 1 aromatic heterocycles. The molecule has 1 saturated carbocycles. The normalized spacial score (nSPS) is 31.9. The fraction of sp³-hybridized carbons (Fsp3) is 0.667. The Kier molecular flexibility index (Phi) is 2.71. The van der Waals surface area contributed by atoms with Crippen LogP contribution in [0.15, 0.2) is 12.4 Å². The molecule has 0 unspecified atom stereocenters. The Morgan fingerprint density at radius 2 is 2.29 bits per heavy atom. The SMILES string of the molecule is OC[C@]12CCC[C@@H]1CN(c1nccnc1Cl)C2. The van der Waals surface area contributed by atoms with Gasteiger partial charge in [-0.05, 0) is 18.8 Å². The van der Waals surface area contributed by atoms with E-state index in [1.165, 1.54) is 12.8 Å². The highest BCUT2D eigenvalue weighted by Gasteiger charge is 2.49. The van der Waals surface area contributed by atoms with Crippen LogP contribution in [-0.4, -0.2) is 34.8 Å². The molecule has 2 atom stereocenters. The van der Waals surface area contributed by atoms with Crippen molar-refractivity contribution in [3.8, 4) is 0 Å². The first kappa shape index (κ1) is 11.2. The summed E-state index contributed by atoms with van der Waals surface area (Å²) in [5, 5.41) is 10.1. The summed E-state index contributed by atoms with van der Waals surface area (Å²) in [6, 6.07) is 0. The van der Waals surface area contributed by atoms with Gasteiger partial charge in [0.25, 0.3) is 0 Å². The lowest BCUT2D eigenvalue weighted by Crippen LogP contribution is -2.31. The van der Waals surface area contributed by atoms with Gasteiger partial charge in [-0.15, -0.1) is 0 Å². The van der Waals surface area contributed by atoms with Crippen LogP contribution in [0.2, 0.25) is 5.15 Å². The molecule has 0 bridgehead atoms. The average molecular weight is 254 g/mol. The van der Waals surface area contributed by atoms with E-state index in [2.05, 4.69) is 14.9 Å². The maximum absolute atomic E-state index is 9.67. The van der Waals surface area contributed by atoms with Crippen molar-refractivity contribution >= 4 is 17.4 Å². The molecule has 2 fully saturated rings. The van der Waals surface area contributed by atoms with Gasteiger partial charge in [-0.3, -0.25) is 0 Å². The van der Waals surface area contributed by atoms with Crippen molar-refractivity contribution in [2.75, 3.05) is 24.6 Å². The number of hydrogen-bond donors (Lipinski definition) is 1. The van der Waals surface area contributed by atoms with E-state index in [4.69, 9.17) is 11.6 Å². The Morgan fingerprint density at radius 1 is 1.47 bits per heavy atom. The van der Waals surface area contributed by atoms with Gasteiger partial charge in [0.15, 0.2) is 11.0 Å². The van der Waals surface area contributed by atoms with E-state index in [1.54, 1.807) is 12.4 Å². The third-order valence-corrected chi connectivity index (χ3v) is 4.56. The summed E-state index contributed by atoms with van der Waals surface area (Å²) in [7, 11) is 0. The van der Waals surface area contributed by atoms with Crippen LogP contribution in [0.25, 0.3) is 0 Å². The molecule has 1 saturated heterocycles. The first-order chi connectivity index (χ1) is 8.25. The van der Waals surface area contributed by atoms with Crippen molar-refractivity contribution in [3.05, 3.63) is 17.5 Å². The monoisotopic (exact) mass is 253 g/mol. The first-order valence-corrected chi connectivity index (χ1v) is 6.45. The molecule has 4 nitrogen and oxygen atoms in total. The molecule has 3 rings (SSSR count). The molecule has 0 amide bonds. The second kappa shape index (κ2) is 4.10. The van der Waals surface area contributed by atoms with Crippen molar-refractivity contribution in [3.63, 3.8) is 0 Å². The fourth-order valence-electron chi connectivity index (χ4n) is 3.36. The highest BCUT2D eigenvalue weighted by atomic mass is 35.5. The summed E-state index contributed by atoms with van der Waals surface area (Å²) < 4.78 is 0. The highest BCUT2D eigenvalue weighted by molar-refractivity contribution is 6.31. The van der Waals surface area contributed by atoms with Crippen molar-refractivity contribution in [1.29, 1.82) is 0 Å². The molecule has 92 valence electrons. The number of aliphatic hydroxyl groups is 1. The van der Waals surface area contributed by atoms with Gasteiger partial charge >= 0.3 is 0 Å². The Balaban J connectivity index is 1.87. The zero-order valence-corrected chi connectivity index (χ0v) is 10.4. The Bertz CT molecular complexity index is 428. The van der Waals surface area contributed by atoms with Crippen LogP contribution in [0.5, 0.6) is 0 Å². The van der Waals surface area contributed by atoms with E-state index in [9.17, 15) is 5.11 Å². The minimum absolute atomic E-state index is 0.0703. The Labute approximate surface area is 106 Å². The molecule has 1 aliphatic heterocycles. The molecular formula is C12H16ClN3O. The smallest absolute Gasteiger partial charge is 0.171 e. The van der Waals surface area contributed by atoms with E-state index in [0.717, 1.165) is 25.3 Å². The zero-order valence-electron chi connectivity index (χ0n) is 9.64. The number of halogens is 1. The standard InChI is InChI=1S/C12H16ClN3O/c13-10-11(15-5-4-14-10)16-6-9-2-1-3-12(9,7-16)8-17/h4-5,9,17H,1-3,6-8H2/t9-,12-/m1/s1. The summed E-state index contributed by atoms with van der Waals surface area (Å²) in [5.74, 6) is 1.34. The van der Waals surface area contributed by atoms with Crippen LogP contribution >= 0.6 is 11.6 Å². The van der Waals surface area contributed by atoms with Crippen LogP contribution in [-0.2, 0) is 0 Å².